The Labute approximate surface area is 109 Å². The second-order valence-electron chi connectivity index (χ2n) is 4.45. The van der Waals surface area contributed by atoms with Crippen LogP contribution in [0.2, 0.25) is 0 Å². The van der Waals surface area contributed by atoms with Gasteiger partial charge in [0.05, 0.1) is 7.11 Å². The van der Waals surface area contributed by atoms with Crippen molar-refractivity contribution in [1.29, 1.82) is 0 Å². The summed E-state index contributed by atoms with van der Waals surface area (Å²) in [6, 6.07) is 14.4. The highest BCUT2D eigenvalue weighted by Crippen LogP contribution is 2.19. The third-order valence-corrected chi connectivity index (χ3v) is 3.22. The normalized spacial score (nSPS) is 10.2. The fourth-order valence-electron chi connectivity index (χ4n) is 1.92. The minimum absolute atomic E-state index is 0.807. The van der Waals surface area contributed by atoms with Crippen LogP contribution in [0.1, 0.15) is 16.7 Å². The number of aryl methyl sites for hydroxylation is 1. The van der Waals surface area contributed by atoms with Crippen LogP contribution in [0.4, 0.5) is 5.69 Å². The van der Waals surface area contributed by atoms with Gasteiger partial charge in [-0.1, -0.05) is 24.3 Å². The Bertz CT molecular complexity index is 534. The van der Waals surface area contributed by atoms with Crippen LogP contribution in [-0.2, 0) is 6.54 Å². The Morgan fingerprint density at radius 1 is 1.06 bits per heavy atom. The lowest BCUT2D eigenvalue weighted by Crippen LogP contribution is -2.02. The molecule has 0 fully saturated rings. The number of ether oxygens (including phenoxy) is 1. The van der Waals surface area contributed by atoms with Gasteiger partial charge in [-0.25, -0.2) is 0 Å². The summed E-state index contributed by atoms with van der Waals surface area (Å²) in [5.41, 5.74) is 5.03. The number of nitrogens with one attached hydrogen (secondary N) is 1. The summed E-state index contributed by atoms with van der Waals surface area (Å²) in [5.74, 6) is 0.898. The molecule has 0 unspecified atom stereocenters. The first-order valence-electron chi connectivity index (χ1n) is 6.13. The standard InChI is InChI=1S/C16H19NO/c1-12-6-4-9-16(13(12)2)17-11-14-7-5-8-15(10-14)18-3/h4-10,17H,11H2,1-3H3. The Hall–Kier alpha value is -1.96. The molecule has 1 N–H and O–H groups in total. The molecule has 0 atom stereocenters. The Balaban J connectivity index is 2.09. The lowest BCUT2D eigenvalue weighted by Gasteiger charge is -2.12. The van der Waals surface area contributed by atoms with Gasteiger partial charge in [-0.05, 0) is 48.7 Å². The smallest absolute Gasteiger partial charge is 0.119 e. The molecule has 2 aromatic rings. The van der Waals surface area contributed by atoms with E-state index >= 15 is 0 Å². The zero-order valence-electron chi connectivity index (χ0n) is 11.2. The summed E-state index contributed by atoms with van der Waals surface area (Å²) in [6.45, 7) is 5.08. The average molecular weight is 241 g/mol. The maximum absolute atomic E-state index is 5.22. The Kier molecular flexibility index (Phi) is 3.88. The van der Waals surface area contributed by atoms with Gasteiger partial charge in [0.2, 0.25) is 0 Å². The molecular formula is C16H19NO. The maximum atomic E-state index is 5.22. The molecule has 2 nitrogen and oxygen atoms in total. The van der Waals surface area contributed by atoms with E-state index in [1.165, 1.54) is 22.4 Å². The molecule has 0 bridgehead atoms. The van der Waals surface area contributed by atoms with Gasteiger partial charge in [0.1, 0.15) is 5.75 Å². The minimum Gasteiger partial charge on any atom is -0.497 e. The molecule has 2 aromatic carbocycles. The zero-order chi connectivity index (χ0) is 13.0. The summed E-state index contributed by atoms with van der Waals surface area (Å²) < 4.78 is 5.22. The molecule has 94 valence electrons. The number of benzene rings is 2. The quantitative estimate of drug-likeness (QED) is 0.875. The number of rotatable bonds is 4. The van der Waals surface area contributed by atoms with Crippen LogP contribution in [0.25, 0.3) is 0 Å². The molecule has 2 heteroatoms. The van der Waals surface area contributed by atoms with Crippen molar-refractivity contribution in [3.05, 3.63) is 59.2 Å². The van der Waals surface area contributed by atoms with E-state index in [1.54, 1.807) is 7.11 Å². The summed E-state index contributed by atoms with van der Waals surface area (Å²) in [6.07, 6.45) is 0. The van der Waals surface area contributed by atoms with Crippen molar-refractivity contribution in [2.75, 3.05) is 12.4 Å². The molecule has 0 radical (unpaired) electrons. The fraction of sp³-hybridized carbons (Fsp3) is 0.250. The fourth-order valence-corrected chi connectivity index (χ4v) is 1.92. The van der Waals surface area contributed by atoms with E-state index in [-0.39, 0.29) is 0 Å². The molecule has 2 rings (SSSR count). The number of hydrogen-bond acceptors (Lipinski definition) is 2. The second-order valence-corrected chi connectivity index (χ2v) is 4.45. The minimum atomic E-state index is 0.807. The molecule has 0 aliphatic heterocycles. The molecule has 18 heavy (non-hydrogen) atoms. The lowest BCUT2D eigenvalue weighted by atomic mass is 10.1. The Morgan fingerprint density at radius 2 is 1.83 bits per heavy atom. The van der Waals surface area contributed by atoms with Crippen LogP contribution in [0.3, 0.4) is 0 Å². The largest absolute Gasteiger partial charge is 0.497 e. The summed E-state index contributed by atoms with van der Waals surface area (Å²) in [4.78, 5) is 0. The highest BCUT2D eigenvalue weighted by Gasteiger charge is 2.01. The van der Waals surface area contributed by atoms with Gasteiger partial charge >= 0.3 is 0 Å². The van der Waals surface area contributed by atoms with E-state index in [4.69, 9.17) is 4.74 Å². The van der Waals surface area contributed by atoms with Crippen LogP contribution in [-0.4, -0.2) is 7.11 Å². The number of anilines is 1. The molecule has 0 spiro atoms. The number of hydrogen-bond donors (Lipinski definition) is 1. The first-order valence-corrected chi connectivity index (χ1v) is 6.13. The van der Waals surface area contributed by atoms with Crippen molar-refractivity contribution in [3.8, 4) is 5.75 Å². The van der Waals surface area contributed by atoms with E-state index in [2.05, 4.69) is 49.5 Å². The Morgan fingerprint density at radius 3 is 2.61 bits per heavy atom. The van der Waals surface area contributed by atoms with E-state index < -0.39 is 0 Å². The van der Waals surface area contributed by atoms with Crippen LogP contribution in [0.5, 0.6) is 5.75 Å². The van der Waals surface area contributed by atoms with Crippen molar-refractivity contribution in [3.63, 3.8) is 0 Å². The van der Waals surface area contributed by atoms with E-state index in [0.717, 1.165) is 12.3 Å². The molecule has 0 aliphatic rings. The average Bonchev–Trinajstić information content (AvgIpc) is 2.41. The highest BCUT2D eigenvalue weighted by atomic mass is 16.5. The van der Waals surface area contributed by atoms with Gasteiger partial charge in [-0.15, -0.1) is 0 Å². The van der Waals surface area contributed by atoms with E-state index in [0.29, 0.717) is 0 Å². The first-order chi connectivity index (χ1) is 8.70. The SMILES string of the molecule is COc1cccc(CNc2cccc(C)c2C)c1. The van der Waals surface area contributed by atoms with Gasteiger partial charge in [-0.3, -0.25) is 0 Å². The highest BCUT2D eigenvalue weighted by molar-refractivity contribution is 5.54. The third kappa shape index (κ3) is 2.83. The van der Waals surface area contributed by atoms with Crippen molar-refractivity contribution in [1.82, 2.24) is 0 Å². The van der Waals surface area contributed by atoms with Crippen LogP contribution >= 0.6 is 0 Å². The summed E-state index contributed by atoms with van der Waals surface area (Å²) in [7, 11) is 1.69. The topological polar surface area (TPSA) is 21.3 Å². The zero-order valence-corrected chi connectivity index (χ0v) is 11.2. The molecule has 0 amide bonds. The molecule has 0 aliphatic carbocycles. The predicted molar refractivity (Wildman–Crippen MR) is 76.2 cm³/mol. The van der Waals surface area contributed by atoms with E-state index in [1.807, 2.05) is 12.1 Å². The van der Waals surface area contributed by atoms with Crippen LogP contribution in [0, 0.1) is 13.8 Å². The monoisotopic (exact) mass is 241 g/mol. The molecule has 0 heterocycles. The van der Waals surface area contributed by atoms with Crippen LogP contribution < -0.4 is 10.1 Å². The second kappa shape index (κ2) is 5.58. The molecule has 0 aromatic heterocycles. The van der Waals surface area contributed by atoms with Crippen molar-refractivity contribution in [2.24, 2.45) is 0 Å². The third-order valence-electron chi connectivity index (χ3n) is 3.22. The van der Waals surface area contributed by atoms with Crippen molar-refractivity contribution >= 4 is 5.69 Å². The van der Waals surface area contributed by atoms with Crippen LogP contribution in [0.15, 0.2) is 42.5 Å². The van der Waals surface area contributed by atoms with Gasteiger partial charge in [0, 0.05) is 12.2 Å². The predicted octanol–water partition coefficient (Wildman–Crippen LogP) is 3.92. The summed E-state index contributed by atoms with van der Waals surface area (Å²) >= 11 is 0. The van der Waals surface area contributed by atoms with Gasteiger partial charge < -0.3 is 10.1 Å². The molecule has 0 saturated carbocycles. The van der Waals surface area contributed by atoms with Crippen molar-refractivity contribution in [2.45, 2.75) is 20.4 Å². The summed E-state index contributed by atoms with van der Waals surface area (Å²) in [5, 5.41) is 3.47. The first kappa shape index (κ1) is 12.5. The van der Waals surface area contributed by atoms with Gasteiger partial charge in [0.15, 0.2) is 0 Å². The molecule has 0 saturated heterocycles. The number of methoxy groups -OCH3 is 1. The molecular weight excluding hydrogens is 222 g/mol. The van der Waals surface area contributed by atoms with E-state index in [9.17, 15) is 0 Å². The van der Waals surface area contributed by atoms with Crippen molar-refractivity contribution < 1.29 is 4.74 Å². The van der Waals surface area contributed by atoms with Gasteiger partial charge in [0.25, 0.3) is 0 Å². The van der Waals surface area contributed by atoms with Gasteiger partial charge in [-0.2, -0.15) is 0 Å². The lowest BCUT2D eigenvalue weighted by molar-refractivity contribution is 0.414. The maximum Gasteiger partial charge on any atom is 0.119 e.